The normalized spacial score (nSPS) is 20.1. The van der Waals surface area contributed by atoms with Crippen molar-refractivity contribution in [3.05, 3.63) is 28.0 Å². The first-order valence-corrected chi connectivity index (χ1v) is 5.04. The maximum Gasteiger partial charge on any atom is 0.254 e. The summed E-state index contributed by atoms with van der Waals surface area (Å²) in [5.41, 5.74) is 5.39. The van der Waals surface area contributed by atoms with Crippen LogP contribution in [0, 0.1) is 0 Å². The topological polar surface area (TPSA) is 99.4 Å². The zero-order valence-electron chi connectivity index (χ0n) is 8.64. The average Bonchev–Trinajstić information content (AvgIpc) is 2.62. The number of carbonyl (C=O) groups excluding carboxylic acids is 1. The van der Waals surface area contributed by atoms with Crippen LogP contribution in [0.15, 0.2) is 16.9 Å². The summed E-state index contributed by atoms with van der Waals surface area (Å²) < 4.78 is 0. The van der Waals surface area contributed by atoms with Crippen molar-refractivity contribution < 1.29 is 9.90 Å². The Balaban J connectivity index is 2.24. The minimum Gasteiger partial charge on any atom is -0.494 e. The van der Waals surface area contributed by atoms with Gasteiger partial charge >= 0.3 is 0 Å². The number of hydrogen-bond acceptors (Lipinski definition) is 4. The molecule has 4 N–H and O–H groups in total. The van der Waals surface area contributed by atoms with E-state index in [4.69, 9.17) is 5.73 Å². The van der Waals surface area contributed by atoms with Crippen LogP contribution in [0.3, 0.4) is 0 Å². The lowest BCUT2D eigenvalue weighted by Gasteiger charge is -2.15. The molecule has 0 saturated carbocycles. The van der Waals surface area contributed by atoms with Crippen LogP contribution in [-0.4, -0.2) is 40.0 Å². The molecule has 0 radical (unpaired) electrons. The number of H-pyrrole nitrogens is 1. The van der Waals surface area contributed by atoms with Gasteiger partial charge < -0.3 is 15.7 Å². The molecule has 1 aliphatic rings. The van der Waals surface area contributed by atoms with Crippen molar-refractivity contribution in [1.29, 1.82) is 0 Å². The number of nitrogens with zero attached hydrogens (tertiary/aromatic N) is 1. The Morgan fingerprint density at radius 2 is 2.31 bits per heavy atom. The molecule has 0 spiro atoms. The van der Waals surface area contributed by atoms with E-state index in [1.807, 2.05) is 0 Å². The summed E-state index contributed by atoms with van der Waals surface area (Å²) in [6, 6.07) is 2.42. The van der Waals surface area contributed by atoms with Gasteiger partial charge in [0.05, 0.1) is 5.56 Å². The fourth-order valence-corrected chi connectivity index (χ4v) is 1.81. The summed E-state index contributed by atoms with van der Waals surface area (Å²) in [4.78, 5) is 26.7. The molecule has 1 fully saturated rings. The van der Waals surface area contributed by atoms with Crippen LogP contribution >= 0.6 is 0 Å². The Morgan fingerprint density at radius 1 is 1.56 bits per heavy atom. The Morgan fingerprint density at radius 3 is 2.88 bits per heavy atom. The van der Waals surface area contributed by atoms with Gasteiger partial charge in [-0.2, -0.15) is 0 Å². The summed E-state index contributed by atoms with van der Waals surface area (Å²) in [5, 5.41) is 9.19. The molecule has 6 heteroatoms. The number of aromatic nitrogens is 1. The van der Waals surface area contributed by atoms with Gasteiger partial charge in [0.2, 0.25) is 0 Å². The highest BCUT2D eigenvalue weighted by Gasteiger charge is 2.24. The van der Waals surface area contributed by atoms with E-state index >= 15 is 0 Å². The van der Waals surface area contributed by atoms with E-state index in [-0.39, 0.29) is 23.4 Å². The molecule has 0 aliphatic carbocycles. The molecule has 1 aromatic heterocycles. The van der Waals surface area contributed by atoms with E-state index in [0.717, 1.165) is 6.42 Å². The second-order valence-corrected chi connectivity index (χ2v) is 3.92. The average molecular weight is 223 g/mol. The smallest absolute Gasteiger partial charge is 0.254 e. The van der Waals surface area contributed by atoms with Gasteiger partial charge in [-0.15, -0.1) is 0 Å². The molecule has 2 rings (SSSR count). The predicted octanol–water partition coefficient (Wildman–Crippen LogP) is -0.746. The SMILES string of the molecule is N[C@@H]1CCN(C(=O)c2cc(O)[nH]c(=O)c2)C1. The first-order chi connectivity index (χ1) is 7.56. The van der Waals surface area contributed by atoms with Crippen LogP contribution in [0.5, 0.6) is 5.88 Å². The summed E-state index contributed by atoms with van der Waals surface area (Å²) in [6.45, 7) is 1.08. The van der Waals surface area contributed by atoms with Gasteiger partial charge in [-0.05, 0) is 6.42 Å². The molecule has 16 heavy (non-hydrogen) atoms. The molecular formula is C10H13N3O3. The Hall–Kier alpha value is -1.82. The van der Waals surface area contributed by atoms with Crippen molar-refractivity contribution in [1.82, 2.24) is 9.88 Å². The zero-order chi connectivity index (χ0) is 11.7. The van der Waals surface area contributed by atoms with Crippen LogP contribution in [0.2, 0.25) is 0 Å². The fourth-order valence-electron chi connectivity index (χ4n) is 1.81. The van der Waals surface area contributed by atoms with E-state index in [9.17, 15) is 14.7 Å². The minimum atomic E-state index is -0.494. The van der Waals surface area contributed by atoms with Gasteiger partial charge in [0.25, 0.3) is 11.5 Å². The molecule has 0 unspecified atom stereocenters. The van der Waals surface area contributed by atoms with Crippen molar-refractivity contribution in [3.63, 3.8) is 0 Å². The van der Waals surface area contributed by atoms with Gasteiger partial charge in [0, 0.05) is 31.3 Å². The van der Waals surface area contributed by atoms with Crippen molar-refractivity contribution in [2.45, 2.75) is 12.5 Å². The number of nitrogens with two attached hydrogens (primary N) is 1. The van der Waals surface area contributed by atoms with Crippen LogP contribution in [0.4, 0.5) is 0 Å². The quantitative estimate of drug-likeness (QED) is 0.583. The summed E-state index contributed by atoms with van der Waals surface area (Å²) in [7, 11) is 0. The number of rotatable bonds is 1. The number of aromatic hydroxyl groups is 1. The lowest BCUT2D eigenvalue weighted by Crippen LogP contribution is -2.32. The first kappa shape index (κ1) is 10.7. The maximum absolute atomic E-state index is 11.9. The van der Waals surface area contributed by atoms with E-state index in [1.165, 1.54) is 12.1 Å². The second-order valence-electron chi connectivity index (χ2n) is 3.92. The predicted molar refractivity (Wildman–Crippen MR) is 57.2 cm³/mol. The molecular weight excluding hydrogens is 210 g/mol. The lowest BCUT2D eigenvalue weighted by atomic mass is 10.2. The maximum atomic E-state index is 11.9. The molecule has 0 aromatic carbocycles. The molecule has 1 atom stereocenters. The van der Waals surface area contributed by atoms with E-state index in [1.54, 1.807) is 4.90 Å². The third kappa shape index (κ3) is 2.06. The number of hydrogen-bond donors (Lipinski definition) is 3. The molecule has 6 nitrogen and oxygen atoms in total. The first-order valence-electron chi connectivity index (χ1n) is 5.04. The summed E-state index contributed by atoms with van der Waals surface area (Å²) >= 11 is 0. The third-order valence-electron chi connectivity index (χ3n) is 2.59. The zero-order valence-corrected chi connectivity index (χ0v) is 8.64. The molecule has 2 heterocycles. The summed E-state index contributed by atoms with van der Waals surface area (Å²) in [5.74, 6) is -0.575. The molecule has 1 aromatic rings. The largest absolute Gasteiger partial charge is 0.494 e. The highest BCUT2D eigenvalue weighted by Crippen LogP contribution is 2.13. The molecule has 1 amide bonds. The van der Waals surface area contributed by atoms with Crippen molar-refractivity contribution >= 4 is 5.91 Å². The van der Waals surface area contributed by atoms with Gasteiger partial charge in [-0.25, -0.2) is 0 Å². The second kappa shape index (κ2) is 3.97. The van der Waals surface area contributed by atoms with Gasteiger partial charge in [-0.3, -0.25) is 14.6 Å². The standard InChI is InChI=1S/C10H13N3O3/c11-7-1-2-13(5-7)10(16)6-3-8(14)12-9(15)4-6/h3-4,7H,1-2,5,11H2,(H2,12,14,15)/t7-/m1/s1. The Kier molecular flexibility index (Phi) is 2.66. The fraction of sp³-hybridized carbons (Fsp3) is 0.400. The number of nitrogens with one attached hydrogen (secondary N) is 1. The Labute approximate surface area is 91.7 Å². The minimum absolute atomic E-state index is 0.000423. The Bertz CT molecular complexity index is 469. The molecule has 86 valence electrons. The number of likely N-dealkylation sites (tertiary alicyclic amines) is 1. The highest BCUT2D eigenvalue weighted by molar-refractivity contribution is 5.94. The van der Waals surface area contributed by atoms with Gasteiger partial charge in [-0.1, -0.05) is 0 Å². The summed E-state index contributed by atoms with van der Waals surface area (Å²) in [6.07, 6.45) is 0.765. The molecule has 1 aliphatic heterocycles. The van der Waals surface area contributed by atoms with Gasteiger partial charge in [0.15, 0.2) is 5.88 Å². The van der Waals surface area contributed by atoms with Gasteiger partial charge in [0.1, 0.15) is 0 Å². The monoisotopic (exact) mass is 223 g/mol. The van der Waals surface area contributed by atoms with Crippen LogP contribution in [0.25, 0.3) is 0 Å². The number of pyridine rings is 1. The lowest BCUT2D eigenvalue weighted by molar-refractivity contribution is 0.0790. The number of carbonyl (C=O) groups is 1. The number of aromatic amines is 1. The van der Waals surface area contributed by atoms with Crippen LogP contribution < -0.4 is 11.3 Å². The van der Waals surface area contributed by atoms with E-state index in [2.05, 4.69) is 4.98 Å². The molecule has 0 bridgehead atoms. The van der Waals surface area contributed by atoms with Crippen LogP contribution in [0.1, 0.15) is 16.8 Å². The van der Waals surface area contributed by atoms with Crippen molar-refractivity contribution in [3.8, 4) is 5.88 Å². The van der Waals surface area contributed by atoms with Crippen molar-refractivity contribution in [2.24, 2.45) is 5.73 Å². The van der Waals surface area contributed by atoms with E-state index in [0.29, 0.717) is 13.1 Å². The van der Waals surface area contributed by atoms with E-state index < -0.39 is 5.56 Å². The number of amides is 1. The van der Waals surface area contributed by atoms with Crippen molar-refractivity contribution in [2.75, 3.05) is 13.1 Å². The molecule has 1 saturated heterocycles. The van der Waals surface area contributed by atoms with Crippen LogP contribution in [-0.2, 0) is 0 Å². The highest BCUT2D eigenvalue weighted by atomic mass is 16.3. The third-order valence-corrected chi connectivity index (χ3v) is 2.59.